The third-order valence-corrected chi connectivity index (χ3v) is 5.62. The summed E-state index contributed by atoms with van der Waals surface area (Å²) in [7, 11) is 1.63. The molecule has 3 aromatic rings. The van der Waals surface area contributed by atoms with Gasteiger partial charge in [0.1, 0.15) is 5.82 Å². The summed E-state index contributed by atoms with van der Waals surface area (Å²) in [4.78, 5) is 19.5. The first-order valence-corrected chi connectivity index (χ1v) is 10.4. The fraction of sp³-hybridized carbons (Fsp3) is 0.391. The maximum absolute atomic E-state index is 13.7. The summed E-state index contributed by atoms with van der Waals surface area (Å²) in [5, 5.41) is 2.94. The van der Waals surface area contributed by atoms with Crippen molar-refractivity contribution < 1.29 is 13.9 Å². The molecule has 0 radical (unpaired) electrons. The average molecular weight is 410 g/mol. The summed E-state index contributed by atoms with van der Waals surface area (Å²) in [6.45, 7) is 3.13. The van der Waals surface area contributed by atoms with Crippen LogP contribution in [0.15, 0.2) is 48.5 Å². The van der Waals surface area contributed by atoms with Gasteiger partial charge in [0.2, 0.25) is 11.9 Å². The normalized spacial score (nSPS) is 14.9. The lowest BCUT2D eigenvalue weighted by Gasteiger charge is -2.32. The maximum Gasteiger partial charge on any atom is 0.223 e. The molecule has 0 spiro atoms. The van der Waals surface area contributed by atoms with Crippen molar-refractivity contribution in [3.05, 3.63) is 59.9 Å². The lowest BCUT2D eigenvalue weighted by molar-refractivity contribution is -0.125. The first kappa shape index (κ1) is 20.3. The fourth-order valence-corrected chi connectivity index (χ4v) is 4.04. The van der Waals surface area contributed by atoms with Gasteiger partial charge in [-0.05, 0) is 42.7 Å². The minimum Gasteiger partial charge on any atom is -0.383 e. The zero-order valence-corrected chi connectivity index (χ0v) is 17.2. The molecule has 2 heterocycles. The molecule has 0 atom stereocenters. The molecular formula is C23H27FN4O2. The molecular weight excluding hydrogens is 383 g/mol. The summed E-state index contributed by atoms with van der Waals surface area (Å²) in [6.07, 6.45) is 1.56. The Bertz CT molecular complexity index is 1010. The molecule has 0 saturated carbocycles. The molecule has 2 aromatic carbocycles. The first-order valence-electron chi connectivity index (χ1n) is 10.4. The highest BCUT2D eigenvalue weighted by atomic mass is 19.1. The molecule has 7 heteroatoms. The number of nitrogens with zero attached hydrogens (tertiary/aromatic N) is 3. The monoisotopic (exact) mass is 410 g/mol. The van der Waals surface area contributed by atoms with Gasteiger partial charge in [-0.15, -0.1) is 0 Å². The highest BCUT2D eigenvalue weighted by molar-refractivity contribution is 5.80. The van der Waals surface area contributed by atoms with Crippen LogP contribution in [0.25, 0.3) is 11.0 Å². The van der Waals surface area contributed by atoms with Crippen LogP contribution in [-0.4, -0.2) is 48.8 Å². The smallest absolute Gasteiger partial charge is 0.223 e. The van der Waals surface area contributed by atoms with Crippen LogP contribution in [-0.2, 0) is 16.1 Å². The summed E-state index contributed by atoms with van der Waals surface area (Å²) < 4.78 is 20.9. The van der Waals surface area contributed by atoms with E-state index in [2.05, 4.69) is 14.8 Å². The number of carbonyl (C=O) groups excluding carboxylic acids is 1. The number of fused-ring (bicyclic) bond motifs is 1. The molecule has 30 heavy (non-hydrogen) atoms. The quantitative estimate of drug-likeness (QED) is 0.608. The molecule has 1 saturated heterocycles. The van der Waals surface area contributed by atoms with Crippen molar-refractivity contribution in [2.24, 2.45) is 5.92 Å². The van der Waals surface area contributed by atoms with Gasteiger partial charge in [-0.25, -0.2) is 9.37 Å². The van der Waals surface area contributed by atoms with Gasteiger partial charge in [0.15, 0.2) is 0 Å². The number of nitrogens with one attached hydrogen (secondary N) is 1. The third-order valence-electron chi connectivity index (χ3n) is 5.62. The number of carbonyl (C=O) groups is 1. The molecule has 1 aliphatic heterocycles. The van der Waals surface area contributed by atoms with E-state index in [1.165, 1.54) is 6.07 Å². The average Bonchev–Trinajstić information content (AvgIpc) is 3.12. The number of imidazole rings is 1. The van der Waals surface area contributed by atoms with Gasteiger partial charge >= 0.3 is 0 Å². The van der Waals surface area contributed by atoms with Gasteiger partial charge in [0.25, 0.3) is 0 Å². The van der Waals surface area contributed by atoms with Crippen LogP contribution in [0.4, 0.5) is 10.3 Å². The van der Waals surface area contributed by atoms with E-state index in [1.54, 1.807) is 19.2 Å². The molecule has 6 nitrogen and oxygen atoms in total. The number of ether oxygens (including phenoxy) is 1. The van der Waals surface area contributed by atoms with Crippen molar-refractivity contribution in [2.75, 3.05) is 38.3 Å². The number of piperidine rings is 1. The van der Waals surface area contributed by atoms with E-state index in [4.69, 9.17) is 9.72 Å². The van der Waals surface area contributed by atoms with Gasteiger partial charge in [-0.2, -0.15) is 0 Å². The van der Waals surface area contributed by atoms with E-state index in [-0.39, 0.29) is 17.6 Å². The second kappa shape index (κ2) is 9.26. The van der Waals surface area contributed by atoms with E-state index in [0.29, 0.717) is 19.7 Å². The Labute approximate surface area is 175 Å². The highest BCUT2D eigenvalue weighted by Crippen LogP contribution is 2.28. The van der Waals surface area contributed by atoms with Crippen molar-refractivity contribution in [3.8, 4) is 0 Å². The molecule has 1 aliphatic rings. The van der Waals surface area contributed by atoms with Crippen LogP contribution >= 0.6 is 0 Å². The van der Waals surface area contributed by atoms with Crippen LogP contribution in [0.2, 0.25) is 0 Å². The minimum absolute atomic E-state index is 0.0131. The zero-order chi connectivity index (χ0) is 20.9. The lowest BCUT2D eigenvalue weighted by Crippen LogP contribution is -2.42. The Kier molecular flexibility index (Phi) is 6.28. The molecule has 1 fully saturated rings. The summed E-state index contributed by atoms with van der Waals surface area (Å²) in [5.41, 5.74) is 2.84. The fourth-order valence-electron chi connectivity index (χ4n) is 4.04. The molecule has 1 amide bonds. The van der Waals surface area contributed by atoms with Gasteiger partial charge in [0, 0.05) is 32.7 Å². The van der Waals surface area contributed by atoms with E-state index in [0.717, 1.165) is 48.5 Å². The summed E-state index contributed by atoms with van der Waals surface area (Å²) >= 11 is 0. The second-order valence-electron chi connectivity index (χ2n) is 7.66. The van der Waals surface area contributed by atoms with E-state index >= 15 is 0 Å². The van der Waals surface area contributed by atoms with Crippen molar-refractivity contribution in [1.82, 2.24) is 14.9 Å². The van der Waals surface area contributed by atoms with E-state index < -0.39 is 0 Å². The molecule has 1 aromatic heterocycles. The van der Waals surface area contributed by atoms with Crippen LogP contribution in [0, 0.1) is 11.7 Å². The lowest BCUT2D eigenvalue weighted by atomic mass is 9.96. The van der Waals surface area contributed by atoms with Crippen LogP contribution in [0.5, 0.6) is 0 Å². The maximum atomic E-state index is 13.7. The largest absolute Gasteiger partial charge is 0.383 e. The Morgan fingerprint density at radius 2 is 2.00 bits per heavy atom. The molecule has 0 aliphatic carbocycles. The zero-order valence-electron chi connectivity index (χ0n) is 17.2. The number of aromatic nitrogens is 2. The Morgan fingerprint density at radius 1 is 1.20 bits per heavy atom. The number of hydrogen-bond acceptors (Lipinski definition) is 4. The van der Waals surface area contributed by atoms with Crippen LogP contribution in [0.1, 0.15) is 18.4 Å². The molecule has 0 unspecified atom stereocenters. The van der Waals surface area contributed by atoms with Gasteiger partial charge in [-0.1, -0.05) is 24.3 Å². The van der Waals surface area contributed by atoms with Gasteiger partial charge in [-0.3, -0.25) is 4.79 Å². The highest BCUT2D eigenvalue weighted by Gasteiger charge is 2.27. The number of methoxy groups -OCH3 is 1. The second-order valence-corrected chi connectivity index (χ2v) is 7.66. The molecule has 1 N–H and O–H groups in total. The number of para-hydroxylation sites is 2. The van der Waals surface area contributed by atoms with Crippen molar-refractivity contribution in [1.29, 1.82) is 0 Å². The topological polar surface area (TPSA) is 59.4 Å². The molecule has 0 bridgehead atoms. The van der Waals surface area contributed by atoms with Crippen molar-refractivity contribution in [2.45, 2.75) is 19.4 Å². The summed E-state index contributed by atoms with van der Waals surface area (Å²) in [6, 6.07) is 14.7. The molecule has 158 valence electrons. The number of benzene rings is 2. The number of halogens is 1. The van der Waals surface area contributed by atoms with Crippen LogP contribution < -0.4 is 10.2 Å². The number of hydrogen-bond donors (Lipinski definition) is 1. The molecule has 4 rings (SSSR count). The first-order chi connectivity index (χ1) is 14.7. The Hall–Kier alpha value is -2.93. The Balaban J connectivity index is 1.52. The van der Waals surface area contributed by atoms with Crippen molar-refractivity contribution in [3.63, 3.8) is 0 Å². The Morgan fingerprint density at radius 3 is 2.77 bits per heavy atom. The van der Waals surface area contributed by atoms with Crippen LogP contribution in [0.3, 0.4) is 0 Å². The SMILES string of the molecule is COCCNC(=O)C1CCN(c2nc3ccccc3n2Cc2cccc(F)c2)CC1. The number of anilines is 1. The number of rotatable bonds is 7. The standard InChI is InChI=1S/C23H27FN4O2/c1-30-14-11-25-22(29)18-9-12-27(13-10-18)23-26-20-7-2-3-8-21(20)28(23)16-17-5-4-6-19(24)15-17/h2-8,15,18H,9-14,16H2,1H3,(H,25,29). The van der Waals surface area contributed by atoms with Crippen molar-refractivity contribution >= 4 is 22.9 Å². The predicted octanol–water partition coefficient (Wildman–Crippen LogP) is 3.20. The third kappa shape index (κ3) is 4.46. The number of amides is 1. The minimum atomic E-state index is -0.237. The van der Waals surface area contributed by atoms with E-state index in [9.17, 15) is 9.18 Å². The van der Waals surface area contributed by atoms with Gasteiger partial charge < -0.3 is 19.5 Å². The predicted molar refractivity (Wildman–Crippen MR) is 115 cm³/mol. The van der Waals surface area contributed by atoms with E-state index in [1.807, 2.05) is 30.3 Å². The summed E-state index contributed by atoms with van der Waals surface area (Å²) in [5.74, 6) is 0.747. The van der Waals surface area contributed by atoms with Gasteiger partial charge in [0.05, 0.1) is 24.2 Å².